The maximum absolute atomic E-state index is 12.0. The van der Waals surface area contributed by atoms with Crippen LogP contribution in [0.2, 0.25) is 0 Å². The summed E-state index contributed by atoms with van der Waals surface area (Å²) in [5.41, 5.74) is 1.94. The fraction of sp³-hybridized carbons (Fsp3) is 0.333. The van der Waals surface area contributed by atoms with E-state index in [9.17, 15) is 8.42 Å². The van der Waals surface area contributed by atoms with E-state index in [1.165, 1.54) is 9.71 Å². The first-order chi connectivity index (χ1) is 7.65. The van der Waals surface area contributed by atoms with Crippen molar-refractivity contribution in [2.75, 3.05) is 10.8 Å². The highest BCUT2D eigenvalue weighted by molar-refractivity contribution is 7.95. The van der Waals surface area contributed by atoms with E-state index in [4.69, 9.17) is 0 Å². The molecule has 0 aromatic heterocycles. The predicted molar refractivity (Wildman–Crippen MR) is 65.8 cm³/mol. The van der Waals surface area contributed by atoms with Crippen LogP contribution in [-0.2, 0) is 16.4 Å². The molecule has 0 amide bonds. The monoisotopic (exact) mass is 237 g/mol. The fourth-order valence-electron chi connectivity index (χ4n) is 2.01. The lowest BCUT2D eigenvalue weighted by atomic mass is 10.0. The fourth-order valence-corrected chi connectivity index (χ4v) is 3.34. The Kier molecular flexibility index (Phi) is 3.01. The maximum atomic E-state index is 12.0. The highest BCUT2D eigenvalue weighted by atomic mass is 32.2. The minimum absolute atomic E-state index is 0.573. The molecule has 4 heteroatoms. The third-order valence-electron chi connectivity index (χ3n) is 2.68. The van der Waals surface area contributed by atoms with Crippen LogP contribution in [0, 0.1) is 0 Å². The van der Waals surface area contributed by atoms with Crippen LogP contribution in [0.1, 0.15) is 18.9 Å². The molecular weight excluding hydrogens is 222 g/mol. The quantitative estimate of drug-likeness (QED) is 0.791. The minimum Gasteiger partial charge on any atom is -0.267 e. The van der Waals surface area contributed by atoms with Gasteiger partial charge in [0.2, 0.25) is 0 Å². The van der Waals surface area contributed by atoms with Crippen LogP contribution in [-0.4, -0.2) is 15.0 Å². The van der Waals surface area contributed by atoms with E-state index in [1.54, 1.807) is 13.0 Å². The molecule has 86 valence electrons. The molecule has 1 aromatic rings. The molecule has 16 heavy (non-hydrogen) atoms. The van der Waals surface area contributed by atoms with Gasteiger partial charge in [-0.3, -0.25) is 4.31 Å². The van der Waals surface area contributed by atoms with Gasteiger partial charge in [0.05, 0.1) is 5.69 Å². The Bertz CT molecular complexity index is 506. The normalized spacial score (nSPS) is 16.4. The summed E-state index contributed by atoms with van der Waals surface area (Å²) in [6, 6.07) is 7.69. The van der Waals surface area contributed by atoms with E-state index >= 15 is 0 Å². The molecule has 0 bridgehead atoms. The summed E-state index contributed by atoms with van der Waals surface area (Å²) >= 11 is 0. The van der Waals surface area contributed by atoms with Gasteiger partial charge < -0.3 is 0 Å². The van der Waals surface area contributed by atoms with Crippen molar-refractivity contribution >= 4 is 15.7 Å². The lowest BCUT2D eigenvalue weighted by Gasteiger charge is -2.29. The highest BCUT2D eigenvalue weighted by Crippen LogP contribution is 2.29. The van der Waals surface area contributed by atoms with Gasteiger partial charge in [-0.25, -0.2) is 8.42 Å². The first-order valence-corrected chi connectivity index (χ1v) is 6.89. The Morgan fingerprint density at radius 3 is 2.81 bits per heavy atom. The number of hydrogen-bond donors (Lipinski definition) is 0. The minimum atomic E-state index is -3.29. The summed E-state index contributed by atoms with van der Waals surface area (Å²) in [5, 5.41) is 1.26. The number of allylic oxidation sites excluding steroid dienone is 1. The Morgan fingerprint density at radius 1 is 1.31 bits per heavy atom. The zero-order valence-corrected chi connectivity index (χ0v) is 10.1. The van der Waals surface area contributed by atoms with Crippen molar-refractivity contribution in [1.29, 1.82) is 0 Å². The molecule has 0 aliphatic carbocycles. The molecule has 0 fully saturated rings. The maximum Gasteiger partial charge on any atom is 0.257 e. The Hall–Kier alpha value is -1.29. The molecule has 0 unspecified atom stereocenters. The van der Waals surface area contributed by atoms with E-state index < -0.39 is 10.0 Å². The topological polar surface area (TPSA) is 37.4 Å². The molecule has 0 saturated carbocycles. The Morgan fingerprint density at radius 2 is 2.06 bits per heavy atom. The molecule has 2 rings (SSSR count). The van der Waals surface area contributed by atoms with Crippen molar-refractivity contribution in [3.8, 4) is 0 Å². The van der Waals surface area contributed by atoms with E-state index in [2.05, 4.69) is 0 Å². The molecule has 0 N–H and O–H groups in total. The van der Waals surface area contributed by atoms with Crippen molar-refractivity contribution in [2.24, 2.45) is 0 Å². The lowest BCUT2D eigenvalue weighted by Crippen LogP contribution is -2.33. The molecule has 3 nitrogen and oxygen atoms in total. The number of sulfonamides is 1. The number of fused-ring (bicyclic) bond motifs is 1. The number of rotatable bonds is 2. The van der Waals surface area contributed by atoms with Crippen molar-refractivity contribution in [2.45, 2.75) is 19.8 Å². The molecule has 0 spiro atoms. The molecule has 1 aliphatic heterocycles. The zero-order chi connectivity index (χ0) is 11.6. The van der Waals surface area contributed by atoms with Crippen molar-refractivity contribution in [3.05, 3.63) is 41.3 Å². The van der Waals surface area contributed by atoms with Gasteiger partial charge in [-0.1, -0.05) is 24.3 Å². The average Bonchev–Trinajstić information content (AvgIpc) is 2.28. The van der Waals surface area contributed by atoms with Crippen LogP contribution < -0.4 is 4.31 Å². The number of para-hydroxylation sites is 1. The van der Waals surface area contributed by atoms with Gasteiger partial charge in [-0.15, -0.1) is 0 Å². The van der Waals surface area contributed by atoms with Gasteiger partial charge in [-0.2, -0.15) is 0 Å². The summed E-state index contributed by atoms with van der Waals surface area (Å²) in [6.07, 6.45) is 3.40. The highest BCUT2D eigenvalue weighted by Gasteiger charge is 2.24. The van der Waals surface area contributed by atoms with Gasteiger partial charge in [0.25, 0.3) is 10.0 Å². The van der Waals surface area contributed by atoms with Gasteiger partial charge in [0.15, 0.2) is 0 Å². The summed E-state index contributed by atoms with van der Waals surface area (Å²) in [4.78, 5) is 0. The first-order valence-electron chi connectivity index (χ1n) is 5.38. The van der Waals surface area contributed by atoms with Gasteiger partial charge >= 0.3 is 0 Å². The SMILES string of the molecule is C/C=C/S(=O)(=O)N1CCCc2ccccc21. The summed E-state index contributed by atoms with van der Waals surface area (Å²) in [5.74, 6) is 0. The molecule has 0 radical (unpaired) electrons. The zero-order valence-electron chi connectivity index (χ0n) is 9.26. The predicted octanol–water partition coefficient (Wildman–Crippen LogP) is 2.30. The number of nitrogens with zero attached hydrogens (tertiary/aromatic N) is 1. The molecule has 1 aliphatic rings. The molecule has 0 atom stereocenters. The second kappa shape index (κ2) is 4.29. The Labute approximate surface area is 96.4 Å². The average molecular weight is 237 g/mol. The van der Waals surface area contributed by atoms with Crippen molar-refractivity contribution in [1.82, 2.24) is 0 Å². The largest absolute Gasteiger partial charge is 0.267 e. The van der Waals surface area contributed by atoms with Crippen LogP contribution in [0.15, 0.2) is 35.7 Å². The van der Waals surface area contributed by atoms with Crippen molar-refractivity contribution in [3.63, 3.8) is 0 Å². The van der Waals surface area contributed by atoms with Gasteiger partial charge in [-0.05, 0) is 31.4 Å². The van der Waals surface area contributed by atoms with Crippen LogP contribution in [0.25, 0.3) is 0 Å². The van der Waals surface area contributed by atoms with Crippen LogP contribution in [0.5, 0.6) is 0 Å². The lowest BCUT2D eigenvalue weighted by molar-refractivity contribution is 0.595. The van der Waals surface area contributed by atoms with Gasteiger partial charge in [0, 0.05) is 12.0 Å². The second-order valence-electron chi connectivity index (χ2n) is 3.82. The third-order valence-corrected chi connectivity index (χ3v) is 4.29. The summed E-state index contributed by atoms with van der Waals surface area (Å²) in [6.45, 7) is 2.29. The number of benzene rings is 1. The van der Waals surface area contributed by atoms with E-state index in [0.29, 0.717) is 6.54 Å². The number of anilines is 1. The molecule has 1 aromatic carbocycles. The number of aryl methyl sites for hydroxylation is 1. The first kappa shape index (κ1) is 11.2. The van der Waals surface area contributed by atoms with Crippen LogP contribution in [0.3, 0.4) is 0 Å². The van der Waals surface area contributed by atoms with Crippen LogP contribution in [0.4, 0.5) is 5.69 Å². The Balaban J connectivity index is 2.47. The molecule has 1 heterocycles. The summed E-state index contributed by atoms with van der Waals surface area (Å²) < 4.78 is 25.5. The molecule has 0 saturated heterocycles. The van der Waals surface area contributed by atoms with Crippen LogP contribution >= 0.6 is 0 Å². The third kappa shape index (κ3) is 1.97. The van der Waals surface area contributed by atoms with Crippen molar-refractivity contribution < 1.29 is 8.42 Å². The van der Waals surface area contributed by atoms with E-state index in [0.717, 1.165) is 24.1 Å². The smallest absolute Gasteiger partial charge is 0.257 e. The van der Waals surface area contributed by atoms with E-state index in [1.807, 2.05) is 24.3 Å². The molecular formula is C12H15NO2S. The number of hydrogen-bond acceptors (Lipinski definition) is 2. The summed E-state index contributed by atoms with van der Waals surface area (Å²) in [7, 11) is -3.29. The second-order valence-corrected chi connectivity index (χ2v) is 5.56. The standard InChI is InChI=1S/C12H15NO2S/c1-2-10-16(14,15)13-9-5-7-11-6-3-4-8-12(11)13/h2-4,6,8,10H,5,7,9H2,1H3/b10-2+. The van der Waals surface area contributed by atoms with Gasteiger partial charge in [0.1, 0.15) is 0 Å². The van der Waals surface area contributed by atoms with E-state index in [-0.39, 0.29) is 0 Å².